The number of rotatable bonds is 6. The molecule has 0 aromatic carbocycles. The minimum Gasteiger partial charge on any atom is -0.491 e. The van der Waals surface area contributed by atoms with Crippen LogP contribution in [0.2, 0.25) is 0 Å². The molecule has 0 unspecified atom stereocenters. The van der Waals surface area contributed by atoms with E-state index in [9.17, 15) is 0 Å². The highest BCUT2D eigenvalue weighted by Crippen LogP contribution is 2.14. The monoisotopic (exact) mass is 219 g/mol. The third-order valence-corrected chi connectivity index (χ3v) is 2.04. The predicted octanol–water partition coefficient (Wildman–Crippen LogP) is 1.72. The average molecular weight is 219 g/mol. The molecular formula is C12H17N3O. The summed E-state index contributed by atoms with van der Waals surface area (Å²) in [4.78, 5) is 3.93. The predicted molar refractivity (Wildman–Crippen MR) is 62.2 cm³/mol. The summed E-state index contributed by atoms with van der Waals surface area (Å²) in [5.74, 6) is 0.564. The Morgan fingerprint density at radius 3 is 3.06 bits per heavy atom. The van der Waals surface area contributed by atoms with Gasteiger partial charge in [-0.15, -0.1) is 0 Å². The summed E-state index contributed by atoms with van der Waals surface area (Å²) in [7, 11) is 0. The molecule has 1 N–H and O–H groups in total. The average Bonchev–Trinajstić information content (AvgIpc) is 2.29. The molecule has 16 heavy (non-hydrogen) atoms. The van der Waals surface area contributed by atoms with Crippen molar-refractivity contribution in [3.8, 4) is 11.8 Å². The summed E-state index contributed by atoms with van der Waals surface area (Å²) >= 11 is 0. The van der Waals surface area contributed by atoms with Crippen molar-refractivity contribution in [1.82, 2.24) is 10.3 Å². The molecule has 4 heteroatoms. The van der Waals surface area contributed by atoms with Crippen LogP contribution in [0.15, 0.2) is 18.5 Å². The number of pyridine rings is 1. The van der Waals surface area contributed by atoms with E-state index in [0.29, 0.717) is 24.0 Å². The van der Waals surface area contributed by atoms with E-state index in [-0.39, 0.29) is 0 Å². The van der Waals surface area contributed by atoms with E-state index in [1.807, 2.05) is 0 Å². The van der Waals surface area contributed by atoms with Gasteiger partial charge in [0.15, 0.2) is 5.75 Å². The summed E-state index contributed by atoms with van der Waals surface area (Å²) in [5.41, 5.74) is 0.534. The molecule has 4 nitrogen and oxygen atoms in total. The molecule has 0 radical (unpaired) electrons. The molecule has 1 rings (SSSR count). The summed E-state index contributed by atoms with van der Waals surface area (Å²) < 4.78 is 5.48. The first-order chi connectivity index (χ1) is 7.74. The standard InChI is InChI=1S/C12H17N3O/c1-10(2)15-5-3-7-16-12-9-14-6-4-11(12)8-13/h4,6,9-10,15H,3,5,7H2,1-2H3. The van der Waals surface area contributed by atoms with Crippen molar-refractivity contribution >= 4 is 0 Å². The molecule has 0 fully saturated rings. The van der Waals surface area contributed by atoms with Crippen LogP contribution in [0, 0.1) is 11.3 Å². The van der Waals surface area contributed by atoms with Crippen LogP contribution in [0.3, 0.4) is 0 Å². The zero-order chi connectivity index (χ0) is 11.8. The van der Waals surface area contributed by atoms with Crippen molar-refractivity contribution in [3.63, 3.8) is 0 Å². The van der Waals surface area contributed by atoms with Gasteiger partial charge in [-0.2, -0.15) is 5.26 Å². The van der Waals surface area contributed by atoms with Gasteiger partial charge in [0, 0.05) is 12.2 Å². The van der Waals surface area contributed by atoms with Gasteiger partial charge in [-0.1, -0.05) is 13.8 Å². The van der Waals surface area contributed by atoms with Crippen molar-refractivity contribution in [2.45, 2.75) is 26.3 Å². The highest BCUT2D eigenvalue weighted by molar-refractivity contribution is 5.40. The molecular weight excluding hydrogens is 202 g/mol. The maximum absolute atomic E-state index is 8.82. The van der Waals surface area contributed by atoms with Gasteiger partial charge < -0.3 is 10.1 Å². The van der Waals surface area contributed by atoms with Crippen LogP contribution >= 0.6 is 0 Å². The van der Waals surface area contributed by atoms with E-state index in [2.05, 4.69) is 30.2 Å². The lowest BCUT2D eigenvalue weighted by Gasteiger charge is -2.09. The molecule has 0 saturated carbocycles. The highest BCUT2D eigenvalue weighted by atomic mass is 16.5. The smallest absolute Gasteiger partial charge is 0.155 e. The van der Waals surface area contributed by atoms with E-state index >= 15 is 0 Å². The topological polar surface area (TPSA) is 57.9 Å². The summed E-state index contributed by atoms with van der Waals surface area (Å²) in [6.45, 7) is 5.73. The van der Waals surface area contributed by atoms with Gasteiger partial charge in [0.1, 0.15) is 6.07 Å². The number of hydrogen-bond acceptors (Lipinski definition) is 4. The number of nitrogens with one attached hydrogen (secondary N) is 1. The Labute approximate surface area is 96.3 Å². The Morgan fingerprint density at radius 2 is 2.38 bits per heavy atom. The fraction of sp³-hybridized carbons (Fsp3) is 0.500. The number of ether oxygens (including phenoxy) is 1. The van der Waals surface area contributed by atoms with Crippen molar-refractivity contribution in [2.75, 3.05) is 13.2 Å². The summed E-state index contributed by atoms with van der Waals surface area (Å²) in [6.07, 6.45) is 4.08. The van der Waals surface area contributed by atoms with E-state index in [0.717, 1.165) is 13.0 Å². The number of nitrogens with zero attached hydrogens (tertiary/aromatic N) is 2. The maximum atomic E-state index is 8.82. The first kappa shape index (κ1) is 12.5. The number of aromatic nitrogens is 1. The Kier molecular flexibility index (Phi) is 5.30. The van der Waals surface area contributed by atoms with Gasteiger partial charge >= 0.3 is 0 Å². The molecule has 0 aliphatic carbocycles. The van der Waals surface area contributed by atoms with Crippen LogP contribution in [-0.2, 0) is 0 Å². The molecule has 0 amide bonds. The Bertz CT molecular complexity index is 358. The third-order valence-electron chi connectivity index (χ3n) is 2.04. The molecule has 86 valence electrons. The van der Waals surface area contributed by atoms with E-state index < -0.39 is 0 Å². The SMILES string of the molecule is CC(C)NCCCOc1cnccc1C#N. The fourth-order valence-electron chi connectivity index (χ4n) is 1.23. The van der Waals surface area contributed by atoms with E-state index in [1.54, 1.807) is 18.5 Å². The van der Waals surface area contributed by atoms with Crippen molar-refractivity contribution in [1.29, 1.82) is 5.26 Å². The Balaban J connectivity index is 2.30. The van der Waals surface area contributed by atoms with Crippen LogP contribution in [0.25, 0.3) is 0 Å². The largest absolute Gasteiger partial charge is 0.491 e. The van der Waals surface area contributed by atoms with Crippen LogP contribution in [0.4, 0.5) is 0 Å². The molecule has 0 atom stereocenters. The minimum atomic E-state index is 0.494. The fourth-order valence-corrected chi connectivity index (χ4v) is 1.23. The van der Waals surface area contributed by atoms with Crippen LogP contribution in [0.1, 0.15) is 25.8 Å². The second kappa shape index (κ2) is 6.81. The molecule has 1 heterocycles. The van der Waals surface area contributed by atoms with Gasteiger partial charge in [-0.25, -0.2) is 0 Å². The lowest BCUT2D eigenvalue weighted by molar-refractivity contribution is 0.304. The van der Waals surface area contributed by atoms with Gasteiger partial charge in [0.25, 0.3) is 0 Å². The van der Waals surface area contributed by atoms with Crippen LogP contribution < -0.4 is 10.1 Å². The lowest BCUT2D eigenvalue weighted by Crippen LogP contribution is -2.24. The minimum absolute atomic E-state index is 0.494. The third kappa shape index (κ3) is 4.28. The molecule has 0 saturated heterocycles. The lowest BCUT2D eigenvalue weighted by atomic mass is 10.3. The molecule has 0 bridgehead atoms. The zero-order valence-corrected chi connectivity index (χ0v) is 9.73. The second-order valence-corrected chi connectivity index (χ2v) is 3.79. The maximum Gasteiger partial charge on any atom is 0.155 e. The molecule has 0 spiro atoms. The molecule has 0 aliphatic rings. The van der Waals surface area contributed by atoms with Crippen molar-refractivity contribution in [2.24, 2.45) is 0 Å². The highest BCUT2D eigenvalue weighted by Gasteiger charge is 2.01. The second-order valence-electron chi connectivity index (χ2n) is 3.79. The zero-order valence-electron chi connectivity index (χ0n) is 9.73. The first-order valence-corrected chi connectivity index (χ1v) is 5.44. The van der Waals surface area contributed by atoms with Gasteiger partial charge in [0.2, 0.25) is 0 Å². The Morgan fingerprint density at radius 1 is 1.56 bits per heavy atom. The van der Waals surface area contributed by atoms with Crippen LogP contribution in [0.5, 0.6) is 5.75 Å². The summed E-state index contributed by atoms with van der Waals surface area (Å²) in [6, 6.07) is 4.22. The van der Waals surface area contributed by atoms with Gasteiger partial charge in [0.05, 0.1) is 18.4 Å². The van der Waals surface area contributed by atoms with Crippen molar-refractivity contribution < 1.29 is 4.74 Å². The summed E-state index contributed by atoms with van der Waals surface area (Å²) in [5, 5.41) is 12.1. The quantitative estimate of drug-likeness (QED) is 0.740. The number of nitriles is 1. The van der Waals surface area contributed by atoms with E-state index in [4.69, 9.17) is 10.00 Å². The van der Waals surface area contributed by atoms with E-state index in [1.165, 1.54) is 0 Å². The van der Waals surface area contributed by atoms with Crippen molar-refractivity contribution in [3.05, 3.63) is 24.0 Å². The van der Waals surface area contributed by atoms with Gasteiger partial charge in [-0.05, 0) is 19.0 Å². The van der Waals surface area contributed by atoms with Gasteiger partial charge in [-0.3, -0.25) is 4.98 Å². The number of hydrogen-bond donors (Lipinski definition) is 1. The molecule has 1 aromatic heterocycles. The first-order valence-electron chi connectivity index (χ1n) is 5.44. The molecule has 1 aromatic rings. The normalized spacial score (nSPS) is 10.1. The van der Waals surface area contributed by atoms with Crippen LogP contribution in [-0.4, -0.2) is 24.2 Å². The molecule has 0 aliphatic heterocycles. The Hall–Kier alpha value is -1.60.